The largest absolute Gasteiger partial charge is 0.469 e. The lowest BCUT2D eigenvalue weighted by Crippen LogP contribution is -2.19. The topological polar surface area (TPSA) is 43.4 Å². The van der Waals surface area contributed by atoms with Gasteiger partial charge in [0.1, 0.15) is 5.78 Å². The van der Waals surface area contributed by atoms with E-state index < -0.39 is 0 Å². The van der Waals surface area contributed by atoms with Gasteiger partial charge in [-0.2, -0.15) is 0 Å². The maximum atomic E-state index is 11.6. The number of esters is 1. The Balaban J connectivity index is 2.52. The summed E-state index contributed by atoms with van der Waals surface area (Å²) in [5.41, 5.74) is 0. The molecule has 0 aromatic heterocycles. The standard InChI is InChI=1S/C13H18O3/c1-3-4-5-6-11-10(7-8-12(11)14)9-13(15)16-2/h4-6,9-11H,3,7-8H2,1-2H3/b5-4+/t10-,11+/m0/s1. The van der Waals surface area contributed by atoms with Crippen LogP contribution in [0.5, 0.6) is 0 Å². The molecule has 0 spiro atoms. The summed E-state index contributed by atoms with van der Waals surface area (Å²) in [5.74, 6) is -0.285. The number of ether oxygens (including phenoxy) is 1. The molecule has 0 aliphatic heterocycles. The van der Waals surface area contributed by atoms with Crippen LogP contribution in [-0.4, -0.2) is 18.9 Å². The van der Waals surface area contributed by atoms with Crippen molar-refractivity contribution < 1.29 is 14.3 Å². The first-order chi connectivity index (χ1) is 7.69. The summed E-state index contributed by atoms with van der Waals surface area (Å²) in [5, 5.41) is 0. The van der Waals surface area contributed by atoms with Gasteiger partial charge in [-0.15, -0.1) is 0 Å². The molecule has 2 atom stereocenters. The molecule has 1 aliphatic carbocycles. The predicted octanol–water partition coefficient (Wildman–Crippen LogP) is 2.13. The average Bonchev–Trinajstić information content (AvgIpc) is 2.61. The summed E-state index contributed by atoms with van der Waals surface area (Å²) >= 11 is 0. The number of methoxy groups -OCH3 is 1. The van der Waals surface area contributed by atoms with Crippen molar-refractivity contribution in [2.24, 2.45) is 11.8 Å². The summed E-state index contributed by atoms with van der Waals surface area (Å²) in [6.45, 7) is 2.04. The van der Waals surface area contributed by atoms with E-state index >= 15 is 0 Å². The van der Waals surface area contributed by atoms with Crippen molar-refractivity contribution in [3.05, 3.63) is 25.0 Å². The number of hydrogen-bond acceptors (Lipinski definition) is 3. The summed E-state index contributed by atoms with van der Waals surface area (Å²) in [4.78, 5) is 22.7. The summed E-state index contributed by atoms with van der Waals surface area (Å²) in [7, 11) is 1.35. The molecule has 0 aromatic carbocycles. The summed E-state index contributed by atoms with van der Waals surface area (Å²) in [6.07, 6.45) is 9.57. The Morgan fingerprint density at radius 3 is 2.94 bits per heavy atom. The minimum Gasteiger partial charge on any atom is -0.469 e. The van der Waals surface area contributed by atoms with E-state index in [9.17, 15) is 9.59 Å². The Labute approximate surface area is 96.9 Å². The normalized spacial score (nSPS) is 25.2. The van der Waals surface area contributed by atoms with Crippen LogP contribution < -0.4 is 0 Å². The minimum absolute atomic E-state index is 0.00135. The van der Waals surface area contributed by atoms with Crippen LogP contribution in [0, 0.1) is 24.7 Å². The van der Waals surface area contributed by atoms with Crippen molar-refractivity contribution in [2.45, 2.75) is 26.2 Å². The van der Waals surface area contributed by atoms with Crippen molar-refractivity contribution in [3.8, 4) is 0 Å². The number of hydrogen-bond donors (Lipinski definition) is 0. The van der Waals surface area contributed by atoms with E-state index in [1.54, 1.807) is 0 Å². The first-order valence-corrected chi connectivity index (χ1v) is 5.64. The van der Waals surface area contributed by atoms with E-state index in [-0.39, 0.29) is 23.6 Å². The molecule has 0 bridgehead atoms. The third-order valence-electron chi connectivity index (χ3n) is 2.80. The van der Waals surface area contributed by atoms with Gasteiger partial charge >= 0.3 is 5.97 Å². The lowest BCUT2D eigenvalue weighted by atomic mass is 9.89. The highest BCUT2D eigenvalue weighted by Crippen LogP contribution is 2.33. The van der Waals surface area contributed by atoms with Crippen LogP contribution in [0.25, 0.3) is 0 Å². The zero-order chi connectivity index (χ0) is 12.0. The van der Waals surface area contributed by atoms with Crippen molar-refractivity contribution in [1.29, 1.82) is 0 Å². The molecule has 1 aliphatic rings. The molecular weight excluding hydrogens is 204 g/mol. The molecule has 88 valence electrons. The van der Waals surface area contributed by atoms with Gasteiger partial charge in [-0.3, -0.25) is 9.59 Å². The maximum Gasteiger partial charge on any atom is 0.309 e. The molecule has 0 heterocycles. The molecule has 1 saturated carbocycles. The highest BCUT2D eigenvalue weighted by atomic mass is 16.5. The van der Waals surface area contributed by atoms with Crippen molar-refractivity contribution in [2.75, 3.05) is 7.11 Å². The van der Waals surface area contributed by atoms with Crippen LogP contribution in [0.15, 0.2) is 12.2 Å². The third kappa shape index (κ3) is 3.47. The second-order valence-corrected chi connectivity index (χ2v) is 3.91. The fourth-order valence-corrected chi connectivity index (χ4v) is 1.91. The first-order valence-electron chi connectivity index (χ1n) is 5.64. The van der Waals surface area contributed by atoms with Gasteiger partial charge in [0.2, 0.25) is 0 Å². The Hall–Kier alpha value is -1.12. The molecule has 16 heavy (non-hydrogen) atoms. The molecular formula is C13H18O3. The molecule has 0 N–H and O–H groups in total. The van der Waals surface area contributed by atoms with Crippen LogP contribution in [0.3, 0.4) is 0 Å². The number of carbonyl (C=O) groups is 2. The van der Waals surface area contributed by atoms with Crippen molar-refractivity contribution >= 4 is 11.8 Å². The van der Waals surface area contributed by atoms with Gasteiger partial charge in [0.15, 0.2) is 0 Å². The van der Waals surface area contributed by atoms with Gasteiger partial charge in [0.05, 0.1) is 13.5 Å². The number of ketones is 1. The monoisotopic (exact) mass is 222 g/mol. The lowest BCUT2D eigenvalue weighted by molar-refractivity contribution is -0.137. The fraction of sp³-hybridized carbons (Fsp3) is 0.538. The van der Waals surface area contributed by atoms with Crippen LogP contribution >= 0.6 is 0 Å². The SMILES string of the molecule is CC/C=C/[CH][C@H]1C(=O)CC[C@H]1[CH]C(=O)OC. The number of allylic oxidation sites excluding steroid dienone is 2. The Morgan fingerprint density at radius 1 is 1.56 bits per heavy atom. The molecule has 3 nitrogen and oxygen atoms in total. The van der Waals surface area contributed by atoms with E-state index in [4.69, 9.17) is 0 Å². The second kappa shape index (κ2) is 6.46. The predicted molar refractivity (Wildman–Crippen MR) is 61.3 cm³/mol. The third-order valence-corrected chi connectivity index (χ3v) is 2.80. The lowest BCUT2D eigenvalue weighted by Gasteiger charge is -2.14. The fourth-order valence-electron chi connectivity index (χ4n) is 1.91. The molecule has 0 aromatic rings. The van der Waals surface area contributed by atoms with Gasteiger partial charge < -0.3 is 4.74 Å². The van der Waals surface area contributed by atoms with Gasteiger partial charge in [0, 0.05) is 12.3 Å². The smallest absolute Gasteiger partial charge is 0.309 e. The van der Waals surface area contributed by atoms with E-state index in [1.165, 1.54) is 13.5 Å². The number of Topliss-reactive ketones (excluding diaryl/α,β-unsaturated/α-hetero) is 1. The Morgan fingerprint density at radius 2 is 2.31 bits per heavy atom. The van der Waals surface area contributed by atoms with E-state index in [0.29, 0.717) is 6.42 Å². The minimum atomic E-state index is -0.349. The van der Waals surface area contributed by atoms with Crippen molar-refractivity contribution in [1.82, 2.24) is 0 Å². The van der Waals surface area contributed by atoms with E-state index in [2.05, 4.69) is 4.74 Å². The Bertz CT molecular complexity index is 281. The van der Waals surface area contributed by atoms with Crippen LogP contribution in [0.4, 0.5) is 0 Å². The van der Waals surface area contributed by atoms with Crippen molar-refractivity contribution in [3.63, 3.8) is 0 Å². The zero-order valence-corrected chi connectivity index (χ0v) is 9.81. The maximum absolute atomic E-state index is 11.6. The summed E-state index contributed by atoms with van der Waals surface area (Å²) in [6, 6.07) is 0. The van der Waals surface area contributed by atoms with Crippen LogP contribution in [0.2, 0.25) is 0 Å². The summed E-state index contributed by atoms with van der Waals surface area (Å²) < 4.78 is 4.58. The average molecular weight is 222 g/mol. The molecule has 1 rings (SSSR count). The molecule has 0 saturated heterocycles. The van der Waals surface area contributed by atoms with Gasteiger partial charge in [0.25, 0.3) is 0 Å². The molecule has 0 amide bonds. The van der Waals surface area contributed by atoms with E-state index in [0.717, 1.165) is 12.8 Å². The van der Waals surface area contributed by atoms with Gasteiger partial charge in [-0.05, 0) is 25.2 Å². The van der Waals surface area contributed by atoms with Crippen LogP contribution in [-0.2, 0) is 14.3 Å². The number of carbonyl (C=O) groups excluding carboxylic acids is 2. The number of rotatable bonds is 5. The van der Waals surface area contributed by atoms with Crippen LogP contribution in [0.1, 0.15) is 26.2 Å². The highest BCUT2D eigenvalue weighted by molar-refractivity contribution is 5.88. The quantitative estimate of drug-likeness (QED) is 0.669. The molecule has 1 fully saturated rings. The second-order valence-electron chi connectivity index (χ2n) is 3.91. The molecule has 3 heteroatoms. The first kappa shape index (κ1) is 12.9. The molecule has 2 radical (unpaired) electrons. The van der Waals surface area contributed by atoms with Gasteiger partial charge in [-0.25, -0.2) is 0 Å². The van der Waals surface area contributed by atoms with Gasteiger partial charge in [-0.1, -0.05) is 19.1 Å². The zero-order valence-electron chi connectivity index (χ0n) is 9.81. The Kier molecular flexibility index (Phi) is 5.23. The molecule has 0 unspecified atom stereocenters. The highest BCUT2D eigenvalue weighted by Gasteiger charge is 2.35. The van der Waals surface area contributed by atoms with E-state index in [1.807, 2.05) is 25.5 Å².